The number of thiazole rings is 1. The standard InChI is InChI=1S/C33H25Cl2N3O4S/c1-3-41-23-12-9-20(10-13-23)30-29(31(39)37-22-7-5-4-6-8-22)19(2)36-33-38(30)32(40)28(43-33)18-24-14-16-27(42-24)25-15-11-21(34)17-26(25)35/h4-18,30H,3H2,1-2H3,(H,37,39)/b28-18-/t30-/m0/s1. The van der Waals surface area contributed by atoms with Crippen LogP contribution < -0.4 is 24.9 Å². The normalized spacial score (nSPS) is 14.8. The van der Waals surface area contributed by atoms with Crippen molar-refractivity contribution < 1.29 is 13.9 Å². The molecule has 0 saturated heterocycles. The van der Waals surface area contributed by atoms with E-state index >= 15 is 0 Å². The molecular formula is C33H25Cl2N3O4S. The van der Waals surface area contributed by atoms with E-state index in [4.69, 9.17) is 37.3 Å². The van der Waals surface area contributed by atoms with Gasteiger partial charge in [-0.3, -0.25) is 14.2 Å². The van der Waals surface area contributed by atoms with Gasteiger partial charge in [0.15, 0.2) is 4.80 Å². The first-order valence-corrected chi connectivity index (χ1v) is 15.1. The molecule has 5 aromatic rings. The Labute approximate surface area is 261 Å². The number of hydrogen-bond donors (Lipinski definition) is 1. The van der Waals surface area contributed by atoms with E-state index in [1.807, 2.05) is 61.5 Å². The number of carbonyl (C=O) groups excluding carboxylic acids is 1. The molecule has 7 nitrogen and oxygen atoms in total. The van der Waals surface area contributed by atoms with Gasteiger partial charge in [0.05, 0.1) is 33.5 Å². The number of anilines is 1. The van der Waals surface area contributed by atoms with Crippen molar-refractivity contribution in [1.29, 1.82) is 0 Å². The van der Waals surface area contributed by atoms with Crippen LogP contribution in [0, 0.1) is 0 Å². The highest BCUT2D eigenvalue weighted by Crippen LogP contribution is 2.33. The Morgan fingerprint density at radius 1 is 1.07 bits per heavy atom. The Kier molecular flexibility index (Phi) is 8.08. The molecular weight excluding hydrogens is 605 g/mol. The van der Waals surface area contributed by atoms with Gasteiger partial charge in [-0.1, -0.05) is 64.9 Å². The zero-order chi connectivity index (χ0) is 30.1. The predicted molar refractivity (Wildman–Crippen MR) is 171 cm³/mol. The zero-order valence-electron chi connectivity index (χ0n) is 23.1. The van der Waals surface area contributed by atoms with Crippen molar-refractivity contribution in [1.82, 2.24) is 4.57 Å². The fraction of sp³-hybridized carbons (Fsp3) is 0.121. The maximum Gasteiger partial charge on any atom is 0.271 e. The van der Waals surface area contributed by atoms with Gasteiger partial charge in [-0.05, 0) is 74.0 Å². The number of benzene rings is 3. The first-order chi connectivity index (χ1) is 20.8. The number of fused-ring (bicyclic) bond motifs is 1. The van der Waals surface area contributed by atoms with Gasteiger partial charge in [-0.2, -0.15) is 0 Å². The summed E-state index contributed by atoms with van der Waals surface area (Å²) in [5.41, 5.74) is 2.70. The van der Waals surface area contributed by atoms with Crippen molar-refractivity contribution in [2.24, 2.45) is 4.99 Å². The second kappa shape index (κ2) is 12.1. The molecule has 43 heavy (non-hydrogen) atoms. The van der Waals surface area contributed by atoms with Crippen LogP contribution in [0.15, 0.2) is 110 Å². The Morgan fingerprint density at radius 2 is 1.84 bits per heavy atom. The van der Waals surface area contributed by atoms with Gasteiger partial charge in [-0.15, -0.1) is 0 Å². The summed E-state index contributed by atoms with van der Waals surface area (Å²) in [4.78, 5) is 32.9. The molecule has 0 saturated carbocycles. The van der Waals surface area contributed by atoms with Crippen LogP contribution in [-0.4, -0.2) is 17.1 Å². The lowest BCUT2D eigenvalue weighted by molar-refractivity contribution is -0.113. The number of furan rings is 1. The minimum Gasteiger partial charge on any atom is -0.494 e. The molecule has 1 amide bonds. The lowest BCUT2D eigenvalue weighted by atomic mass is 9.95. The number of aromatic nitrogens is 1. The minimum atomic E-state index is -0.710. The summed E-state index contributed by atoms with van der Waals surface area (Å²) in [5.74, 6) is 1.38. The Hall–Kier alpha value is -4.37. The summed E-state index contributed by atoms with van der Waals surface area (Å²) >= 11 is 13.6. The third-order valence-corrected chi connectivity index (χ3v) is 8.43. The zero-order valence-corrected chi connectivity index (χ0v) is 25.5. The molecule has 10 heteroatoms. The molecule has 6 rings (SSSR count). The van der Waals surface area contributed by atoms with E-state index in [1.54, 1.807) is 47.9 Å². The molecule has 2 aromatic heterocycles. The van der Waals surface area contributed by atoms with Crippen LogP contribution in [0.3, 0.4) is 0 Å². The monoisotopic (exact) mass is 629 g/mol. The number of allylic oxidation sites excluding steroid dienone is 1. The Balaban J connectivity index is 1.44. The number of para-hydroxylation sites is 1. The molecule has 0 unspecified atom stereocenters. The van der Waals surface area contributed by atoms with Gasteiger partial charge in [0.25, 0.3) is 11.5 Å². The number of hydrogen-bond acceptors (Lipinski definition) is 6. The van der Waals surface area contributed by atoms with Crippen molar-refractivity contribution in [3.05, 3.63) is 137 Å². The van der Waals surface area contributed by atoms with Gasteiger partial charge >= 0.3 is 0 Å². The van der Waals surface area contributed by atoms with E-state index in [0.29, 0.717) is 65.8 Å². The molecule has 1 aliphatic heterocycles. The molecule has 1 aliphatic rings. The van der Waals surface area contributed by atoms with Crippen LogP contribution in [0.4, 0.5) is 5.69 Å². The maximum absolute atomic E-state index is 14.0. The lowest BCUT2D eigenvalue weighted by Gasteiger charge is -2.25. The summed E-state index contributed by atoms with van der Waals surface area (Å²) < 4.78 is 13.6. The van der Waals surface area contributed by atoms with Crippen LogP contribution in [0.25, 0.3) is 17.4 Å². The molecule has 3 aromatic carbocycles. The van der Waals surface area contributed by atoms with Crippen LogP contribution in [0.1, 0.15) is 31.2 Å². The molecule has 0 bridgehead atoms. The first kappa shape index (κ1) is 28.7. The topological polar surface area (TPSA) is 85.8 Å². The van der Waals surface area contributed by atoms with E-state index in [1.165, 1.54) is 11.3 Å². The van der Waals surface area contributed by atoms with Crippen LogP contribution in [-0.2, 0) is 4.79 Å². The summed E-state index contributed by atoms with van der Waals surface area (Å²) in [6, 6.07) is 24.6. The third-order valence-electron chi connectivity index (χ3n) is 6.90. The number of rotatable bonds is 7. The van der Waals surface area contributed by atoms with E-state index in [2.05, 4.69) is 5.32 Å². The van der Waals surface area contributed by atoms with E-state index in [-0.39, 0.29) is 11.5 Å². The van der Waals surface area contributed by atoms with Crippen molar-refractivity contribution in [3.63, 3.8) is 0 Å². The number of amides is 1. The van der Waals surface area contributed by atoms with Crippen LogP contribution in [0.2, 0.25) is 10.0 Å². The molecule has 3 heterocycles. The van der Waals surface area contributed by atoms with E-state index in [0.717, 1.165) is 5.56 Å². The number of carbonyl (C=O) groups is 1. The first-order valence-electron chi connectivity index (χ1n) is 13.5. The van der Waals surface area contributed by atoms with E-state index in [9.17, 15) is 9.59 Å². The Morgan fingerprint density at radius 3 is 2.56 bits per heavy atom. The average molecular weight is 631 g/mol. The van der Waals surface area contributed by atoms with Gasteiger partial charge in [0.2, 0.25) is 0 Å². The summed E-state index contributed by atoms with van der Waals surface area (Å²) in [7, 11) is 0. The highest BCUT2D eigenvalue weighted by atomic mass is 35.5. The number of ether oxygens (including phenoxy) is 1. The van der Waals surface area contributed by atoms with Crippen molar-refractivity contribution in [2.75, 3.05) is 11.9 Å². The highest BCUT2D eigenvalue weighted by molar-refractivity contribution is 7.07. The van der Waals surface area contributed by atoms with E-state index < -0.39 is 6.04 Å². The summed E-state index contributed by atoms with van der Waals surface area (Å²) in [5, 5.41) is 3.94. The SMILES string of the molecule is CCOc1ccc([C@H]2C(C(=O)Nc3ccccc3)=C(C)N=c3s/c(=C\c4ccc(-c5ccc(Cl)cc5Cl)o4)c(=O)n32)cc1. The summed E-state index contributed by atoms with van der Waals surface area (Å²) in [6.45, 7) is 4.22. The van der Waals surface area contributed by atoms with Gasteiger partial charge in [-0.25, -0.2) is 4.99 Å². The molecule has 216 valence electrons. The number of nitrogens with zero attached hydrogens (tertiary/aromatic N) is 2. The minimum absolute atomic E-state index is 0.289. The fourth-order valence-electron chi connectivity index (χ4n) is 4.95. The molecule has 0 fully saturated rings. The Bertz CT molecular complexity index is 2040. The maximum atomic E-state index is 14.0. The fourth-order valence-corrected chi connectivity index (χ4v) is 6.48. The number of halogens is 2. The largest absolute Gasteiger partial charge is 0.494 e. The molecule has 1 atom stereocenters. The molecule has 0 spiro atoms. The number of nitrogens with one attached hydrogen (secondary N) is 1. The quantitative estimate of drug-likeness (QED) is 0.214. The molecule has 1 N–H and O–H groups in total. The van der Waals surface area contributed by atoms with Gasteiger partial charge < -0.3 is 14.5 Å². The van der Waals surface area contributed by atoms with Crippen LogP contribution in [0.5, 0.6) is 5.75 Å². The second-order valence-electron chi connectivity index (χ2n) is 9.73. The van der Waals surface area contributed by atoms with Crippen molar-refractivity contribution in [3.8, 4) is 17.1 Å². The second-order valence-corrected chi connectivity index (χ2v) is 11.6. The van der Waals surface area contributed by atoms with Crippen molar-refractivity contribution in [2.45, 2.75) is 19.9 Å². The van der Waals surface area contributed by atoms with Gasteiger partial charge in [0.1, 0.15) is 17.3 Å². The molecule has 0 aliphatic carbocycles. The van der Waals surface area contributed by atoms with Crippen molar-refractivity contribution >= 4 is 52.2 Å². The van der Waals surface area contributed by atoms with Gasteiger partial charge in [0, 0.05) is 22.3 Å². The average Bonchev–Trinajstić information content (AvgIpc) is 3.57. The third kappa shape index (κ3) is 5.82. The summed E-state index contributed by atoms with van der Waals surface area (Å²) in [6.07, 6.45) is 1.68. The molecule has 0 radical (unpaired) electrons. The lowest BCUT2D eigenvalue weighted by Crippen LogP contribution is -2.40. The predicted octanol–water partition coefficient (Wildman–Crippen LogP) is 6.84. The smallest absolute Gasteiger partial charge is 0.271 e. The highest BCUT2D eigenvalue weighted by Gasteiger charge is 2.32. The van der Waals surface area contributed by atoms with Crippen LogP contribution >= 0.6 is 34.5 Å².